The Bertz CT molecular complexity index is 1080. The average molecular weight is 445 g/mol. The van der Waals surface area contributed by atoms with E-state index in [1.165, 1.54) is 12.1 Å². The van der Waals surface area contributed by atoms with Crippen LogP contribution >= 0.6 is 0 Å². The molecular formula is C23H25F2N3O4. The predicted molar refractivity (Wildman–Crippen MR) is 116 cm³/mol. The summed E-state index contributed by atoms with van der Waals surface area (Å²) in [5.74, 6) is -1.76. The number of carboxylic acid groups (broad SMARTS) is 1. The van der Waals surface area contributed by atoms with Gasteiger partial charge in [-0.25, -0.2) is 18.6 Å². The zero-order valence-corrected chi connectivity index (χ0v) is 17.5. The first-order chi connectivity index (χ1) is 15.3. The van der Waals surface area contributed by atoms with Crippen molar-refractivity contribution in [1.82, 2.24) is 9.88 Å². The molecule has 3 N–H and O–H groups in total. The lowest BCUT2D eigenvalue weighted by atomic mass is 10.1. The van der Waals surface area contributed by atoms with E-state index in [0.717, 1.165) is 21.7 Å². The molecule has 1 heterocycles. The highest BCUT2D eigenvalue weighted by Crippen LogP contribution is 2.22. The van der Waals surface area contributed by atoms with E-state index >= 15 is 0 Å². The van der Waals surface area contributed by atoms with Crippen molar-refractivity contribution in [2.45, 2.75) is 25.1 Å². The minimum absolute atomic E-state index is 0.0152. The van der Waals surface area contributed by atoms with Crippen molar-refractivity contribution in [3.05, 3.63) is 71.9 Å². The van der Waals surface area contributed by atoms with Gasteiger partial charge in [0.25, 0.3) is 0 Å². The summed E-state index contributed by atoms with van der Waals surface area (Å²) in [6.07, 6.45) is -0.771. The number of halogens is 2. The maximum Gasteiger partial charge on any atom is 0.413 e. The molecule has 1 aromatic heterocycles. The summed E-state index contributed by atoms with van der Waals surface area (Å²) < 4.78 is 27.8. The molecule has 170 valence electrons. The lowest BCUT2D eigenvalue weighted by Gasteiger charge is -2.33. The molecule has 2 atom stereocenters. The second-order valence-corrected chi connectivity index (χ2v) is 7.64. The molecule has 0 aliphatic carbocycles. The quantitative estimate of drug-likeness (QED) is 0.468. The van der Waals surface area contributed by atoms with Crippen LogP contribution in [0.25, 0.3) is 10.8 Å². The van der Waals surface area contributed by atoms with Gasteiger partial charge in [-0.3, -0.25) is 9.80 Å². The van der Waals surface area contributed by atoms with Gasteiger partial charge in [0.05, 0.1) is 12.7 Å². The number of amides is 1. The number of aliphatic hydroxyl groups is 2. The molecule has 0 saturated heterocycles. The second-order valence-electron chi connectivity index (χ2n) is 7.64. The van der Waals surface area contributed by atoms with E-state index < -0.39 is 36.5 Å². The lowest BCUT2D eigenvalue weighted by molar-refractivity contribution is 0.0606. The van der Waals surface area contributed by atoms with Crippen molar-refractivity contribution < 1.29 is 28.9 Å². The van der Waals surface area contributed by atoms with E-state index in [-0.39, 0.29) is 30.9 Å². The molecule has 0 saturated carbocycles. The van der Waals surface area contributed by atoms with Crippen LogP contribution in [0.15, 0.2) is 54.7 Å². The van der Waals surface area contributed by atoms with Crippen LogP contribution in [0.5, 0.6) is 0 Å². The van der Waals surface area contributed by atoms with Crippen LogP contribution in [0.4, 0.5) is 19.4 Å². The van der Waals surface area contributed by atoms with E-state index in [2.05, 4.69) is 4.98 Å². The Morgan fingerprint density at radius 3 is 2.53 bits per heavy atom. The number of aromatic nitrogens is 1. The fourth-order valence-electron chi connectivity index (χ4n) is 3.55. The summed E-state index contributed by atoms with van der Waals surface area (Å²) in [6, 6.07) is 12.3. The number of fused-ring (bicyclic) bond motifs is 1. The van der Waals surface area contributed by atoms with Crippen molar-refractivity contribution in [2.24, 2.45) is 0 Å². The molecule has 0 unspecified atom stereocenters. The SMILES string of the molecule is CN(Cc1cccc(F)c1F)[C@@H](C[C@H](O)CO)CN(C(=O)O)c1cc2ccccc2cn1. The van der Waals surface area contributed by atoms with Gasteiger partial charge in [0, 0.05) is 36.3 Å². The number of aliphatic hydroxyl groups excluding tert-OH is 2. The van der Waals surface area contributed by atoms with Crippen LogP contribution in [0.3, 0.4) is 0 Å². The first kappa shape index (κ1) is 23.5. The lowest BCUT2D eigenvalue weighted by Crippen LogP contribution is -2.46. The first-order valence-electron chi connectivity index (χ1n) is 10.1. The number of rotatable bonds is 9. The zero-order valence-electron chi connectivity index (χ0n) is 17.5. The monoisotopic (exact) mass is 445 g/mol. The molecule has 0 aliphatic heterocycles. The molecule has 3 rings (SSSR count). The smallest absolute Gasteiger partial charge is 0.413 e. The number of carbonyl (C=O) groups is 1. The summed E-state index contributed by atoms with van der Waals surface area (Å²) in [4.78, 5) is 19.0. The van der Waals surface area contributed by atoms with E-state index in [0.29, 0.717) is 0 Å². The Kier molecular flexibility index (Phi) is 7.68. The Morgan fingerprint density at radius 2 is 1.84 bits per heavy atom. The van der Waals surface area contributed by atoms with Crippen molar-refractivity contribution in [3.8, 4) is 0 Å². The number of nitrogens with zero attached hydrogens (tertiary/aromatic N) is 3. The molecule has 7 nitrogen and oxygen atoms in total. The van der Waals surface area contributed by atoms with Gasteiger partial charge in [-0.05, 0) is 31.0 Å². The number of benzene rings is 2. The zero-order chi connectivity index (χ0) is 23.3. The normalized spacial score (nSPS) is 13.3. The van der Waals surface area contributed by atoms with Gasteiger partial charge in [-0.2, -0.15) is 0 Å². The van der Waals surface area contributed by atoms with Crippen LogP contribution in [-0.2, 0) is 6.54 Å². The molecule has 9 heteroatoms. The maximum atomic E-state index is 14.2. The highest BCUT2D eigenvalue weighted by atomic mass is 19.2. The van der Waals surface area contributed by atoms with Gasteiger partial charge in [-0.15, -0.1) is 0 Å². The van der Waals surface area contributed by atoms with E-state index in [4.69, 9.17) is 0 Å². The minimum Gasteiger partial charge on any atom is -0.465 e. The molecular weight excluding hydrogens is 420 g/mol. The van der Waals surface area contributed by atoms with Gasteiger partial charge in [0.2, 0.25) is 0 Å². The third-order valence-electron chi connectivity index (χ3n) is 5.35. The third-order valence-corrected chi connectivity index (χ3v) is 5.35. The number of hydrogen-bond donors (Lipinski definition) is 3. The molecule has 3 aromatic rings. The number of likely N-dealkylation sites (N-methyl/N-ethyl adjacent to an activating group) is 1. The largest absolute Gasteiger partial charge is 0.465 e. The van der Waals surface area contributed by atoms with Gasteiger partial charge < -0.3 is 15.3 Å². The Labute approximate surface area is 184 Å². The molecule has 0 bridgehead atoms. The van der Waals surface area contributed by atoms with Gasteiger partial charge in [0.1, 0.15) is 5.82 Å². The summed E-state index contributed by atoms with van der Waals surface area (Å²) in [6.45, 7) is -0.643. The summed E-state index contributed by atoms with van der Waals surface area (Å²) in [5.41, 5.74) is 0.0988. The average Bonchev–Trinajstić information content (AvgIpc) is 2.78. The van der Waals surface area contributed by atoms with Gasteiger partial charge in [0.15, 0.2) is 11.6 Å². The second kappa shape index (κ2) is 10.4. The number of anilines is 1. The van der Waals surface area contributed by atoms with Crippen LogP contribution in [0, 0.1) is 11.6 Å². The molecule has 2 aromatic carbocycles. The summed E-state index contributed by atoms with van der Waals surface area (Å²) in [7, 11) is 1.62. The van der Waals surface area contributed by atoms with Crippen molar-refractivity contribution in [3.63, 3.8) is 0 Å². The molecule has 32 heavy (non-hydrogen) atoms. The number of hydrogen-bond acceptors (Lipinski definition) is 5. The summed E-state index contributed by atoms with van der Waals surface area (Å²) in [5, 5.41) is 30.8. The highest BCUT2D eigenvalue weighted by molar-refractivity contribution is 5.90. The van der Waals surface area contributed by atoms with Crippen molar-refractivity contribution >= 4 is 22.7 Å². The highest BCUT2D eigenvalue weighted by Gasteiger charge is 2.27. The van der Waals surface area contributed by atoms with Gasteiger partial charge in [-0.1, -0.05) is 36.4 Å². The Hall–Kier alpha value is -3.14. The van der Waals surface area contributed by atoms with Crippen LogP contribution in [0.2, 0.25) is 0 Å². The minimum atomic E-state index is -1.25. The Morgan fingerprint density at radius 1 is 1.12 bits per heavy atom. The molecule has 0 radical (unpaired) electrons. The standard InChI is InChI=1S/C23H25F2N3O4/c1-27(12-17-7-4-8-20(24)22(17)25)18(10-19(30)14-29)13-28(23(31)32)21-9-15-5-2-3-6-16(15)11-26-21/h2-9,11,18-19,29-30H,10,12-14H2,1H3,(H,31,32)/t18-,19-/m0/s1. The fourth-order valence-corrected chi connectivity index (χ4v) is 3.55. The first-order valence-corrected chi connectivity index (χ1v) is 10.1. The molecule has 0 fully saturated rings. The van der Waals surface area contributed by atoms with Crippen molar-refractivity contribution in [1.29, 1.82) is 0 Å². The van der Waals surface area contributed by atoms with Crippen LogP contribution < -0.4 is 4.90 Å². The van der Waals surface area contributed by atoms with E-state index in [1.807, 2.05) is 24.3 Å². The fraction of sp³-hybridized carbons (Fsp3) is 0.304. The van der Waals surface area contributed by atoms with Crippen LogP contribution in [0.1, 0.15) is 12.0 Å². The Balaban J connectivity index is 1.88. The van der Waals surface area contributed by atoms with Crippen LogP contribution in [-0.4, -0.2) is 63.6 Å². The van der Waals surface area contributed by atoms with Gasteiger partial charge >= 0.3 is 6.09 Å². The molecule has 0 aliphatic rings. The van der Waals surface area contributed by atoms with Crippen molar-refractivity contribution in [2.75, 3.05) is 25.1 Å². The molecule has 0 spiro atoms. The topological polar surface area (TPSA) is 97.1 Å². The summed E-state index contributed by atoms with van der Waals surface area (Å²) >= 11 is 0. The van der Waals surface area contributed by atoms with E-state index in [9.17, 15) is 28.9 Å². The predicted octanol–water partition coefficient (Wildman–Crippen LogP) is 3.24. The maximum absolute atomic E-state index is 14.2. The van der Waals surface area contributed by atoms with E-state index in [1.54, 1.807) is 24.2 Å². The third kappa shape index (κ3) is 5.56. The number of pyridine rings is 1. The molecule has 1 amide bonds.